The monoisotopic (exact) mass is 288 g/mol. The molecule has 1 aromatic carbocycles. The molecule has 0 bridgehead atoms. The molecule has 0 aliphatic rings. The lowest BCUT2D eigenvalue weighted by Gasteiger charge is -2.23. The van der Waals surface area contributed by atoms with Crippen LogP contribution in [0.3, 0.4) is 0 Å². The lowest BCUT2D eigenvalue weighted by molar-refractivity contribution is -0.884. The van der Waals surface area contributed by atoms with Crippen LogP contribution in [0, 0.1) is 6.92 Å². The van der Waals surface area contributed by atoms with Crippen LogP contribution in [0.1, 0.15) is 11.4 Å². The van der Waals surface area contributed by atoms with Crippen LogP contribution in [0.2, 0.25) is 5.02 Å². The van der Waals surface area contributed by atoms with Gasteiger partial charge < -0.3 is 4.48 Å². The number of halogens is 1. The number of aryl methyl sites for hydroxylation is 1. The zero-order chi connectivity index (χ0) is 14.5. The van der Waals surface area contributed by atoms with Crippen molar-refractivity contribution in [2.45, 2.75) is 13.5 Å². The summed E-state index contributed by atoms with van der Waals surface area (Å²) in [4.78, 5) is 4.76. The molecule has 0 atom stereocenters. The third-order valence-electron chi connectivity index (χ3n) is 3.52. The van der Waals surface area contributed by atoms with E-state index in [4.69, 9.17) is 16.6 Å². The number of hydrogen-bond acceptors (Lipinski definition) is 1. The molecule has 0 fully saturated rings. The SMILES string of the molecule is Cc1nc2c3cccc(Cl)c3ccn2c1C[N+](C)(C)C. The summed E-state index contributed by atoms with van der Waals surface area (Å²) in [5.41, 5.74) is 3.34. The molecule has 2 heterocycles. The van der Waals surface area contributed by atoms with E-state index in [-0.39, 0.29) is 0 Å². The summed E-state index contributed by atoms with van der Waals surface area (Å²) in [6, 6.07) is 8.06. The largest absolute Gasteiger partial charge is 0.326 e. The highest BCUT2D eigenvalue weighted by Gasteiger charge is 2.18. The Morgan fingerprint density at radius 1 is 1.15 bits per heavy atom. The molecule has 20 heavy (non-hydrogen) atoms. The van der Waals surface area contributed by atoms with Gasteiger partial charge in [0.15, 0.2) is 0 Å². The Kier molecular flexibility index (Phi) is 3.00. The molecule has 0 saturated heterocycles. The lowest BCUT2D eigenvalue weighted by atomic mass is 10.2. The summed E-state index contributed by atoms with van der Waals surface area (Å²) >= 11 is 6.27. The van der Waals surface area contributed by atoms with E-state index in [9.17, 15) is 0 Å². The number of fused-ring (bicyclic) bond motifs is 3. The molecule has 4 heteroatoms. The maximum Gasteiger partial charge on any atom is 0.145 e. The third kappa shape index (κ3) is 2.17. The van der Waals surface area contributed by atoms with Crippen molar-refractivity contribution in [3.63, 3.8) is 0 Å². The van der Waals surface area contributed by atoms with Gasteiger partial charge in [-0.05, 0) is 19.1 Å². The summed E-state index contributed by atoms with van der Waals surface area (Å²) in [5.74, 6) is 0. The quantitative estimate of drug-likeness (QED) is 0.658. The average Bonchev–Trinajstić information content (AvgIpc) is 2.65. The smallest absolute Gasteiger partial charge is 0.145 e. The fraction of sp³-hybridized carbons (Fsp3) is 0.312. The van der Waals surface area contributed by atoms with Gasteiger partial charge in [-0.1, -0.05) is 23.7 Å². The summed E-state index contributed by atoms with van der Waals surface area (Å²) in [6.45, 7) is 3.02. The van der Waals surface area contributed by atoms with E-state index >= 15 is 0 Å². The van der Waals surface area contributed by atoms with Crippen LogP contribution in [0.4, 0.5) is 0 Å². The van der Waals surface area contributed by atoms with E-state index in [1.807, 2.05) is 12.1 Å². The maximum atomic E-state index is 6.27. The average molecular weight is 289 g/mol. The standard InChI is InChI=1S/C16H19ClN3/c1-11-15(10-20(2,3)4)19-9-8-12-13(16(19)18-11)6-5-7-14(12)17/h5-9H,10H2,1-4H3/q+1. The number of benzene rings is 1. The van der Waals surface area contributed by atoms with Gasteiger partial charge in [0, 0.05) is 22.0 Å². The molecule has 0 amide bonds. The van der Waals surface area contributed by atoms with Crippen molar-refractivity contribution < 1.29 is 4.48 Å². The molecule has 3 nitrogen and oxygen atoms in total. The predicted molar refractivity (Wildman–Crippen MR) is 84.2 cm³/mol. The number of pyridine rings is 1. The normalized spacial score (nSPS) is 12.4. The Labute approximate surface area is 124 Å². The van der Waals surface area contributed by atoms with Crippen LogP contribution in [-0.2, 0) is 6.54 Å². The Balaban J connectivity index is 2.33. The Bertz CT molecular complexity index is 797. The molecule has 0 N–H and O–H groups in total. The van der Waals surface area contributed by atoms with Gasteiger partial charge in [-0.2, -0.15) is 0 Å². The van der Waals surface area contributed by atoms with Crippen molar-refractivity contribution in [2.24, 2.45) is 0 Å². The summed E-state index contributed by atoms with van der Waals surface area (Å²) in [5, 5.41) is 2.94. The molecular formula is C16H19ClN3+. The first-order valence-electron chi connectivity index (χ1n) is 6.72. The number of hydrogen-bond donors (Lipinski definition) is 0. The van der Waals surface area contributed by atoms with Crippen molar-refractivity contribution in [1.29, 1.82) is 0 Å². The fourth-order valence-electron chi connectivity index (χ4n) is 2.62. The lowest BCUT2D eigenvalue weighted by Crippen LogP contribution is -2.34. The minimum atomic E-state index is 0.777. The highest BCUT2D eigenvalue weighted by Crippen LogP contribution is 2.28. The molecule has 3 rings (SSSR count). The summed E-state index contributed by atoms with van der Waals surface area (Å²) in [6.07, 6.45) is 2.08. The first-order chi connectivity index (χ1) is 9.37. The second-order valence-electron chi connectivity index (χ2n) is 6.30. The number of aromatic nitrogens is 2. The van der Waals surface area contributed by atoms with Gasteiger partial charge >= 0.3 is 0 Å². The van der Waals surface area contributed by atoms with Gasteiger partial charge in [-0.3, -0.25) is 4.40 Å². The minimum Gasteiger partial charge on any atom is -0.326 e. The Hall–Kier alpha value is -1.58. The van der Waals surface area contributed by atoms with E-state index < -0.39 is 0 Å². The first kappa shape index (κ1) is 13.4. The van der Waals surface area contributed by atoms with E-state index in [1.54, 1.807) is 0 Å². The van der Waals surface area contributed by atoms with Crippen LogP contribution >= 0.6 is 11.6 Å². The van der Waals surface area contributed by atoms with Gasteiger partial charge in [0.05, 0.1) is 26.8 Å². The molecule has 0 spiro atoms. The van der Waals surface area contributed by atoms with Crippen molar-refractivity contribution in [1.82, 2.24) is 9.38 Å². The van der Waals surface area contributed by atoms with E-state index in [0.717, 1.165) is 38.2 Å². The number of imidazole rings is 1. The molecule has 3 aromatic rings. The van der Waals surface area contributed by atoms with Gasteiger partial charge in [-0.25, -0.2) is 4.98 Å². The van der Waals surface area contributed by atoms with Crippen LogP contribution < -0.4 is 0 Å². The molecule has 0 saturated carbocycles. The third-order valence-corrected chi connectivity index (χ3v) is 3.85. The van der Waals surface area contributed by atoms with Crippen molar-refractivity contribution >= 4 is 28.0 Å². The van der Waals surface area contributed by atoms with E-state index in [2.05, 4.69) is 50.8 Å². The molecule has 0 radical (unpaired) electrons. The van der Waals surface area contributed by atoms with Gasteiger partial charge in [0.1, 0.15) is 17.9 Å². The zero-order valence-corrected chi connectivity index (χ0v) is 13.1. The molecule has 0 unspecified atom stereocenters. The minimum absolute atomic E-state index is 0.777. The predicted octanol–water partition coefficient (Wildman–Crippen LogP) is 3.66. The number of rotatable bonds is 2. The first-order valence-corrected chi connectivity index (χ1v) is 7.10. The van der Waals surface area contributed by atoms with Gasteiger partial charge in [0.25, 0.3) is 0 Å². The Morgan fingerprint density at radius 2 is 1.90 bits per heavy atom. The molecule has 0 aliphatic heterocycles. The summed E-state index contributed by atoms with van der Waals surface area (Å²) in [7, 11) is 6.57. The highest BCUT2D eigenvalue weighted by molar-refractivity contribution is 6.35. The van der Waals surface area contributed by atoms with E-state index in [0.29, 0.717) is 0 Å². The van der Waals surface area contributed by atoms with Gasteiger partial charge in [0.2, 0.25) is 0 Å². The molecule has 0 aliphatic carbocycles. The van der Waals surface area contributed by atoms with Gasteiger partial charge in [-0.15, -0.1) is 0 Å². The van der Waals surface area contributed by atoms with Crippen molar-refractivity contribution in [2.75, 3.05) is 21.1 Å². The highest BCUT2D eigenvalue weighted by atomic mass is 35.5. The number of nitrogens with zero attached hydrogens (tertiary/aromatic N) is 3. The van der Waals surface area contributed by atoms with Crippen LogP contribution in [0.25, 0.3) is 16.4 Å². The second-order valence-corrected chi connectivity index (χ2v) is 6.71. The second kappa shape index (κ2) is 4.47. The van der Waals surface area contributed by atoms with Crippen LogP contribution in [-0.4, -0.2) is 35.0 Å². The van der Waals surface area contributed by atoms with E-state index in [1.165, 1.54) is 5.69 Å². The molecular weight excluding hydrogens is 270 g/mol. The number of quaternary nitrogens is 1. The van der Waals surface area contributed by atoms with Crippen LogP contribution in [0.15, 0.2) is 30.5 Å². The zero-order valence-electron chi connectivity index (χ0n) is 12.3. The topological polar surface area (TPSA) is 17.3 Å². The van der Waals surface area contributed by atoms with Crippen molar-refractivity contribution in [3.05, 3.63) is 46.9 Å². The molecule has 104 valence electrons. The Morgan fingerprint density at radius 3 is 2.60 bits per heavy atom. The van der Waals surface area contributed by atoms with Crippen LogP contribution in [0.5, 0.6) is 0 Å². The fourth-order valence-corrected chi connectivity index (χ4v) is 2.86. The maximum absolute atomic E-state index is 6.27. The molecule has 2 aromatic heterocycles. The summed E-state index contributed by atoms with van der Waals surface area (Å²) < 4.78 is 3.07. The van der Waals surface area contributed by atoms with Crippen molar-refractivity contribution in [3.8, 4) is 0 Å².